The average molecular weight is 200 g/mol. The minimum atomic E-state index is 0.842. The Kier molecular flexibility index (Phi) is 7.26. The van der Waals surface area contributed by atoms with E-state index in [0.29, 0.717) is 0 Å². The van der Waals surface area contributed by atoms with E-state index in [1.165, 1.54) is 49.8 Å². The zero-order valence-electron chi connectivity index (χ0n) is 11.0. The van der Waals surface area contributed by atoms with Gasteiger partial charge in [-0.05, 0) is 32.6 Å². The van der Waals surface area contributed by atoms with Crippen LogP contribution in [-0.4, -0.2) is 30.2 Å². The molecule has 1 heteroatoms. The molecule has 0 aliphatic rings. The lowest BCUT2D eigenvalue weighted by Gasteiger charge is -2.43. The predicted octanol–water partition coefficient (Wildman–Crippen LogP) is 3.83. The fourth-order valence-corrected chi connectivity index (χ4v) is 2.72. The Bertz CT molecular complexity index is 114. The Hall–Kier alpha value is -0.0400. The van der Waals surface area contributed by atoms with Gasteiger partial charge in [0.1, 0.15) is 0 Å². The van der Waals surface area contributed by atoms with Crippen LogP contribution in [0.2, 0.25) is 0 Å². The second-order valence-electron chi connectivity index (χ2n) is 4.65. The van der Waals surface area contributed by atoms with Crippen molar-refractivity contribution >= 4 is 0 Å². The van der Waals surface area contributed by atoms with Gasteiger partial charge in [0, 0.05) is 0 Å². The lowest BCUT2D eigenvalue weighted by molar-refractivity contribution is -0.949. The summed E-state index contributed by atoms with van der Waals surface area (Å²) in [6, 6.07) is 0.842. The second kappa shape index (κ2) is 7.28. The van der Waals surface area contributed by atoms with Crippen LogP contribution in [0.5, 0.6) is 0 Å². The van der Waals surface area contributed by atoms with Gasteiger partial charge in [-0.3, -0.25) is 0 Å². The van der Waals surface area contributed by atoms with Crippen LogP contribution in [-0.2, 0) is 0 Å². The Morgan fingerprint density at radius 3 is 1.36 bits per heavy atom. The largest absolute Gasteiger partial charge is 0.321 e. The van der Waals surface area contributed by atoms with Crippen molar-refractivity contribution in [2.75, 3.05) is 19.6 Å². The molecule has 0 aromatic carbocycles. The van der Waals surface area contributed by atoms with Crippen molar-refractivity contribution in [3.8, 4) is 0 Å². The first-order chi connectivity index (χ1) is 6.66. The number of nitrogens with zero attached hydrogens (tertiary/aromatic N) is 1. The highest BCUT2D eigenvalue weighted by Gasteiger charge is 2.29. The lowest BCUT2D eigenvalue weighted by Crippen LogP contribution is -2.55. The third kappa shape index (κ3) is 3.61. The fourth-order valence-electron chi connectivity index (χ4n) is 2.72. The minimum Gasteiger partial charge on any atom is -0.321 e. The molecular formula is C13H30N+. The van der Waals surface area contributed by atoms with Crippen molar-refractivity contribution in [1.82, 2.24) is 0 Å². The quantitative estimate of drug-likeness (QED) is 0.522. The summed E-state index contributed by atoms with van der Waals surface area (Å²) in [6.07, 6.45) is 5.29. The molecular weight excluding hydrogens is 170 g/mol. The molecule has 0 aromatic rings. The number of rotatable bonds is 8. The minimum absolute atomic E-state index is 0.842. The molecule has 0 saturated carbocycles. The summed E-state index contributed by atoms with van der Waals surface area (Å²) in [6.45, 7) is 15.8. The zero-order chi connectivity index (χ0) is 11.0. The van der Waals surface area contributed by atoms with Crippen LogP contribution in [0, 0.1) is 0 Å². The van der Waals surface area contributed by atoms with Gasteiger partial charge < -0.3 is 4.48 Å². The summed E-state index contributed by atoms with van der Waals surface area (Å²) >= 11 is 0. The van der Waals surface area contributed by atoms with Gasteiger partial charge in [-0.25, -0.2) is 0 Å². The summed E-state index contributed by atoms with van der Waals surface area (Å²) < 4.78 is 1.36. The third-order valence-corrected chi connectivity index (χ3v) is 3.53. The second-order valence-corrected chi connectivity index (χ2v) is 4.65. The van der Waals surface area contributed by atoms with Crippen molar-refractivity contribution in [2.45, 2.75) is 66.3 Å². The molecule has 0 aliphatic heterocycles. The van der Waals surface area contributed by atoms with Crippen molar-refractivity contribution in [2.24, 2.45) is 0 Å². The molecule has 0 fully saturated rings. The summed E-state index contributed by atoms with van der Waals surface area (Å²) in [5.41, 5.74) is 0. The fraction of sp³-hybridized carbons (Fsp3) is 1.00. The van der Waals surface area contributed by atoms with Gasteiger partial charge in [-0.2, -0.15) is 0 Å². The van der Waals surface area contributed by atoms with Crippen molar-refractivity contribution in [1.29, 1.82) is 0 Å². The van der Waals surface area contributed by atoms with Gasteiger partial charge in [0.15, 0.2) is 0 Å². The molecule has 0 N–H and O–H groups in total. The maximum atomic E-state index is 2.43. The first kappa shape index (κ1) is 14.0. The molecule has 1 unspecified atom stereocenters. The van der Waals surface area contributed by atoms with Crippen LogP contribution in [0.1, 0.15) is 60.3 Å². The molecule has 0 spiro atoms. The molecule has 0 aromatic heterocycles. The first-order valence-corrected chi connectivity index (χ1v) is 6.52. The molecule has 86 valence electrons. The van der Waals surface area contributed by atoms with Gasteiger partial charge in [0.2, 0.25) is 0 Å². The van der Waals surface area contributed by atoms with E-state index in [-0.39, 0.29) is 0 Å². The van der Waals surface area contributed by atoms with Crippen LogP contribution in [0.15, 0.2) is 0 Å². The van der Waals surface area contributed by atoms with Gasteiger partial charge >= 0.3 is 0 Å². The molecule has 0 aliphatic carbocycles. The molecule has 0 bridgehead atoms. The highest BCUT2D eigenvalue weighted by Crippen LogP contribution is 2.19. The molecule has 0 saturated heterocycles. The highest BCUT2D eigenvalue weighted by atomic mass is 15.4. The van der Waals surface area contributed by atoms with Gasteiger partial charge in [0.05, 0.1) is 25.7 Å². The van der Waals surface area contributed by atoms with Crippen LogP contribution in [0.25, 0.3) is 0 Å². The summed E-state index contributed by atoms with van der Waals surface area (Å²) in [5.74, 6) is 0. The lowest BCUT2D eigenvalue weighted by atomic mass is 10.1. The maximum Gasteiger partial charge on any atom is 0.0859 e. The third-order valence-electron chi connectivity index (χ3n) is 3.53. The Morgan fingerprint density at radius 2 is 1.14 bits per heavy atom. The molecule has 0 radical (unpaired) electrons. The van der Waals surface area contributed by atoms with Crippen LogP contribution in [0.4, 0.5) is 0 Å². The van der Waals surface area contributed by atoms with Crippen molar-refractivity contribution in [3.63, 3.8) is 0 Å². The first-order valence-electron chi connectivity index (χ1n) is 6.52. The van der Waals surface area contributed by atoms with Crippen molar-refractivity contribution < 1.29 is 4.48 Å². The number of quaternary nitrogens is 1. The SMILES string of the molecule is CCC[N+](CCC)(CCC)C(C)CC. The van der Waals surface area contributed by atoms with E-state index in [4.69, 9.17) is 0 Å². The smallest absolute Gasteiger partial charge is 0.0859 e. The molecule has 1 atom stereocenters. The van der Waals surface area contributed by atoms with E-state index in [1.807, 2.05) is 0 Å². The molecule has 0 rings (SSSR count). The van der Waals surface area contributed by atoms with Crippen LogP contribution < -0.4 is 0 Å². The van der Waals surface area contributed by atoms with E-state index in [0.717, 1.165) is 6.04 Å². The van der Waals surface area contributed by atoms with Gasteiger partial charge in [-0.15, -0.1) is 0 Å². The average Bonchev–Trinajstić information content (AvgIpc) is 2.17. The predicted molar refractivity (Wildman–Crippen MR) is 65.5 cm³/mol. The highest BCUT2D eigenvalue weighted by molar-refractivity contribution is 4.53. The van der Waals surface area contributed by atoms with E-state index in [1.54, 1.807) is 0 Å². The Morgan fingerprint density at radius 1 is 0.786 bits per heavy atom. The van der Waals surface area contributed by atoms with E-state index in [2.05, 4.69) is 34.6 Å². The summed E-state index contributed by atoms with van der Waals surface area (Å²) in [7, 11) is 0. The molecule has 14 heavy (non-hydrogen) atoms. The monoisotopic (exact) mass is 200 g/mol. The normalized spacial score (nSPS) is 14.4. The van der Waals surface area contributed by atoms with Gasteiger partial charge in [-0.1, -0.05) is 27.7 Å². The number of hydrogen-bond acceptors (Lipinski definition) is 0. The van der Waals surface area contributed by atoms with E-state index in [9.17, 15) is 0 Å². The van der Waals surface area contributed by atoms with Crippen molar-refractivity contribution in [3.05, 3.63) is 0 Å². The molecule has 1 nitrogen and oxygen atoms in total. The Balaban J connectivity index is 4.53. The Labute approximate surface area is 91.1 Å². The van der Waals surface area contributed by atoms with Crippen LogP contribution >= 0.6 is 0 Å². The number of hydrogen-bond donors (Lipinski definition) is 0. The van der Waals surface area contributed by atoms with E-state index < -0.39 is 0 Å². The molecule has 0 amide bonds. The van der Waals surface area contributed by atoms with Crippen LogP contribution in [0.3, 0.4) is 0 Å². The topological polar surface area (TPSA) is 0 Å². The standard InChI is InChI=1S/C13H30N/c1-6-10-14(11-7-2,12-8-3)13(5)9-4/h13H,6-12H2,1-5H3/q+1. The summed E-state index contributed by atoms with van der Waals surface area (Å²) in [4.78, 5) is 0. The van der Waals surface area contributed by atoms with Gasteiger partial charge in [0.25, 0.3) is 0 Å². The summed E-state index contributed by atoms with van der Waals surface area (Å²) in [5, 5.41) is 0. The van der Waals surface area contributed by atoms with E-state index >= 15 is 0 Å². The molecule has 0 heterocycles. The maximum absolute atomic E-state index is 2.43. The zero-order valence-corrected chi connectivity index (χ0v) is 11.0.